The number of cyclic esters (lactones) is 1. The molecule has 62 heavy (non-hydrogen) atoms. The van der Waals surface area contributed by atoms with E-state index in [4.69, 9.17) is 37.9 Å². The number of benzene rings is 1. The van der Waals surface area contributed by atoms with E-state index in [-0.39, 0.29) is 108 Å². The van der Waals surface area contributed by atoms with Crippen molar-refractivity contribution in [1.29, 1.82) is 0 Å². The fraction of sp³-hybridized carbons (Fsp3) is 0.780. The number of methoxy groups -OCH3 is 3. The Bertz CT molecular complexity index is 1750. The topological polar surface area (TPSA) is 128 Å². The molecule has 4 aliphatic carbocycles. The maximum Gasteiger partial charge on any atom is 0.306 e. The predicted molar refractivity (Wildman–Crippen MR) is 231 cm³/mol. The summed E-state index contributed by atoms with van der Waals surface area (Å²) in [5.41, 5.74) is 1.71. The van der Waals surface area contributed by atoms with Crippen LogP contribution >= 0.6 is 0 Å². The molecule has 344 valence electrons. The lowest BCUT2D eigenvalue weighted by atomic mass is 9.57. The fourth-order valence-electron chi connectivity index (χ4n) is 13.5. The standard InChI is InChI=1S/C50H73NO11/c1-10-30-17-14-18-40(62-42-20-19-39(51(5)6)27(3)58-42)26(2)45(53)38-24-35-33-21-31(61-50-49(57-9)48(56-8)47(55-7)28(4)59-50)22-34(33)36-23-32(29-15-12-11-13-16-29)46(54)44(36)43(35)37(38)25-41(52)60-30/h11-13,15-16,24,26-28,30-37,39-40,42-44,47-50H,10,14,17-23,25H2,1-9H3/t26-,27?,28?,30+,31+,32?,33-,34-,35+,36?,37-,39+,40+,42+,43-,44?,47+,48?,49?,50+/m1/s1. The summed E-state index contributed by atoms with van der Waals surface area (Å²) in [6.07, 6.45) is 5.71. The van der Waals surface area contributed by atoms with Gasteiger partial charge in [-0.05, 0) is 126 Å². The highest BCUT2D eigenvalue weighted by molar-refractivity contribution is 5.99. The molecule has 7 unspecified atom stereocenters. The van der Waals surface area contributed by atoms with Gasteiger partial charge in [-0.1, -0.05) is 50.3 Å². The first-order valence-corrected chi connectivity index (χ1v) is 23.8. The number of ketones is 2. The summed E-state index contributed by atoms with van der Waals surface area (Å²) < 4.78 is 50.6. The lowest BCUT2D eigenvalue weighted by molar-refractivity contribution is -0.314. The average Bonchev–Trinajstić information content (AvgIpc) is 3.95. The predicted octanol–water partition coefficient (Wildman–Crippen LogP) is 6.92. The zero-order chi connectivity index (χ0) is 44.0. The molecule has 20 atom stereocenters. The van der Waals surface area contributed by atoms with Gasteiger partial charge in [-0.15, -0.1) is 0 Å². The average molecular weight is 864 g/mol. The van der Waals surface area contributed by atoms with Crippen LogP contribution in [0.3, 0.4) is 0 Å². The molecule has 0 amide bonds. The van der Waals surface area contributed by atoms with Gasteiger partial charge in [-0.2, -0.15) is 0 Å². The van der Waals surface area contributed by atoms with Crippen LogP contribution in [0.4, 0.5) is 0 Å². The molecule has 7 aliphatic rings. The first kappa shape index (κ1) is 46.0. The number of fused-ring (bicyclic) bond motifs is 8. The van der Waals surface area contributed by atoms with E-state index in [0.717, 1.165) is 44.1 Å². The quantitative estimate of drug-likeness (QED) is 0.227. The minimum absolute atomic E-state index is 0.00385. The van der Waals surface area contributed by atoms with E-state index in [0.29, 0.717) is 30.9 Å². The Labute approximate surface area is 369 Å². The van der Waals surface area contributed by atoms with Crippen molar-refractivity contribution < 1.29 is 52.3 Å². The van der Waals surface area contributed by atoms with E-state index in [2.05, 4.69) is 51.1 Å². The third-order valence-corrected chi connectivity index (χ3v) is 16.5. The van der Waals surface area contributed by atoms with E-state index >= 15 is 9.59 Å². The summed E-state index contributed by atoms with van der Waals surface area (Å²) in [6, 6.07) is 10.4. The van der Waals surface area contributed by atoms with Crippen molar-refractivity contribution in [2.45, 2.75) is 165 Å². The second-order valence-corrected chi connectivity index (χ2v) is 19.9. The highest BCUT2D eigenvalue weighted by Gasteiger charge is 2.64. The lowest BCUT2D eigenvalue weighted by Gasteiger charge is -2.46. The van der Waals surface area contributed by atoms with Gasteiger partial charge in [0.1, 0.15) is 30.2 Å². The van der Waals surface area contributed by atoms with Crippen molar-refractivity contribution in [2.75, 3.05) is 35.4 Å². The molecule has 12 heteroatoms. The van der Waals surface area contributed by atoms with Crippen molar-refractivity contribution >= 4 is 17.5 Å². The summed E-state index contributed by atoms with van der Waals surface area (Å²) in [4.78, 5) is 46.7. The minimum atomic E-state index is -0.673. The molecule has 8 rings (SSSR count). The Morgan fingerprint density at radius 1 is 0.774 bits per heavy atom. The van der Waals surface area contributed by atoms with Crippen molar-refractivity contribution in [3.63, 3.8) is 0 Å². The normalized spacial score (nSPS) is 45.0. The number of Topliss-reactive ketones (excluding diaryl/α,β-unsaturated/α-hetero) is 2. The summed E-state index contributed by atoms with van der Waals surface area (Å²) in [7, 11) is 9.13. The van der Waals surface area contributed by atoms with Crippen LogP contribution < -0.4 is 0 Å². The van der Waals surface area contributed by atoms with Crippen LogP contribution in [0.15, 0.2) is 42.0 Å². The molecule has 3 aliphatic heterocycles. The van der Waals surface area contributed by atoms with Crippen LogP contribution in [-0.2, 0) is 52.3 Å². The molecule has 0 radical (unpaired) electrons. The second kappa shape index (κ2) is 19.5. The van der Waals surface area contributed by atoms with Crippen LogP contribution in [0.5, 0.6) is 0 Å². The van der Waals surface area contributed by atoms with Crippen molar-refractivity contribution in [3.8, 4) is 0 Å². The zero-order valence-corrected chi connectivity index (χ0v) is 38.5. The zero-order valence-electron chi connectivity index (χ0n) is 38.5. The van der Waals surface area contributed by atoms with Crippen LogP contribution in [0, 0.1) is 47.3 Å². The number of carbonyl (C=O) groups excluding carboxylic acids is 3. The van der Waals surface area contributed by atoms with Crippen LogP contribution in [-0.4, -0.2) is 125 Å². The molecular formula is C50H73NO11. The molecule has 6 fully saturated rings. The van der Waals surface area contributed by atoms with Gasteiger partial charge in [-0.25, -0.2) is 0 Å². The van der Waals surface area contributed by atoms with Crippen molar-refractivity contribution in [2.24, 2.45) is 47.3 Å². The highest BCUT2D eigenvalue weighted by Crippen LogP contribution is 2.65. The number of hydrogen-bond donors (Lipinski definition) is 0. The van der Waals surface area contributed by atoms with Crippen molar-refractivity contribution in [1.82, 2.24) is 4.90 Å². The summed E-state index contributed by atoms with van der Waals surface area (Å²) in [5.74, 6) is -1.36. The Balaban J connectivity index is 1.13. The van der Waals surface area contributed by atoms with E-state index in [1.165, 1.54) is 0 Å². The third-order valence-electron chi connectivity index (χ3n) is 16.5. The van der Waals surface area contributed by atoms with Gasteiger partial charge in [0.2, 0.25) is 0 Å². The molecule has 0 N–H and O–H groups in total. The number of nitrogens with zero attached hydrogens (tertiary/aromatic N) is 1. The molecule has 1 aromatic rings. The van der Waals surface area contributed by atoms with Gasteiger partial charge in [0.15, 0.2) is 18.4 Å². The maximum absolute atomic E-state index is 15.3. The Kier molecular flexibility index (Phi) is 14.5. The van der Waals surface area contributed by atoms with Gasteiger partial charge in [-0.3, -0.25) is 14.4 Å². The molecule has 3 saturated carbocycles. The molecule has 3 saturated heterocycles. The lowest BCUT2D eigenvalue weighted by Crippen LogP contribution is -2.59. The van der Waals surface area contributed by atoms with Crippen LogP contribution in [0.1, 0.15) is 103 Å². The number of likely N-dealkylation sites (N-methyl/N-ethyl adjacent to an activating group) is 1. The molecule has 1 aromatic carbocycles. The van der Waals surface area contributed by atoms with Gasteiger partial charge in [0.05, 0.1) is 30.8 Å². The molecule has 3 heterocycles. The number of hydrogen-bond acceptors (Lipinski definition) is 12. The molecular weight excluding hydrogens is 791 g/mol. The highest BCUT2D eigenvalue weighted by atomic mass is 16.7. The first-order valence-electron chi connectivity index (χ1n) is 23.8. The molecule has 0 bridgehead atoms. The van der Waals surface area contributed by atoms with Gasteiger partial charge in [0, 0.05) is 51.0 Å². The van der Waals surface area contributed by atoms with E-state index in [1.54, 1.807) is 21.3 Å². The largest absolute Gasteiger partial charge is 0.462 e. The van der Waals surface area contributed by atoms with E-state index in [9.17, 15) is 4.79 Å². The van der Waals surface area contributed by atoms with Gasteiger partial charge in [0.25, 0.3) is 0 Å². The fourth-order valence-corrected chi connectivity index (χ4v) is 13.5. The second-order valence-electron chi connectivity index (χ2n) is 19.9. The number of carbonyl (C=O) groups is 3. The third kappa shape index (κ3) is 8.77. The first-order chi connectivity index (χ1) is 29.9. The monoisotopic (exact) mass is 864 g/mol. The van der Waals surface area contributed by atoms with E-state index < -0.39 is 30.5 Å². The smallest absolute Gasteiger partial charge is 0.306 e. The van der Waals surface area contributed by atoms with Crippen LogP contribution in [0.2, 0.25) is 0 Å². The SMILES string of the molecule is CC[C@H]1CCC[C@H](O[C@H]2CC[C@H](N(C)C)C(C)O2)[C@@H](C)C(=O)C2=C[C@H]3[C@@H]4C[C@H](O[C@@H]5OC(C)[C@H](OC)C(OC)C5OC)C[C@H]4C4CC(c5ccccc5)C(=O)C4[C@H]3[C@@H]2CC(=O)O1. The Morgan fingerprint density at radius 2 is 1.50 bits per heavy atom. The number of esters is 1. The summed E-state index contributed by atoms with van der Waals surface area (Å²) in [6.45, 7) is 8.13. The van der Waals surface area contributed by atoms with Crippen LogP contribution in [0.25, 0.3) is 0 Å². The number of ether oxygens (including phenoxy) is 8. The Morgan fingerprint density at radius 3 is 2.18 bits per heavy atom. The number of allylic oxidation sites excluding steroid dienone is 2. The Hall–Kier alpha value is -2.55. The summed E-state index contributed by atoms with van der Waals surface area (Å²) in [5, 5.41) is 0. The molecule has 0 aromatic heterocycles. The summed E-state index contributed by atoms with van der Waals surface area (Å²) >= 11 is 0. The number of rotatable bonds is 10. The maximum atomic E-state index is 15.3. The van der Waals surface area contributed by atoms with Gasteiger partial charge < -0.3 is 42.8 Å². The molecule has 0 spiro atoms. The minimum Gasteiger partial charge on any atom is -0.462 e. The van der Waals surface area contributed by atoms with Gasteiger partial charge >= 0.3 is 5.97 Å². The van der Waals surface area contributed by atoms with Crippen molar-refractivity contribution in [3.05, 3.63) is 47.5 Å². The molecule has 12 nitrogen and oxygen atoms in total. The van der Waals surface area contributed by atoms with E-state index in [1.807, 2.05) is 32.0 Å².